The van der Waals surface area contributed by atoms with E-state index in [9.17, 15) is 0 Å². The van der Waals surface area contributed by atoms with Gasteiger partial charge in [-0.3, -0.25) is 0 Å². The Morgan fingerprint density at radius 2 is 1.90 bits per heavy atom. The Hall–Kier alpha value is -1.63. The van der Waals surface area contributed by atoms with E-state index in [2.05, 4.69) is 30.1 Å². The number of anilines is 2. The van der Waals surface area contributed by atoms with E-state index in [0.717, 1.165) is 19.6 Å². The van der Waals surface area contributed by atoms with Crippen molar-refractivity contribution in [2.24, 2.45) is 0 Å². The lowest BCUT2D eigenvalue weighted by Crippen LogP contribution is -2.31. The molecule has 0 spiro atoms. The van der Waals surface area contributed by atoms with Gasteiger partial charge in [-0.05, 0) is 33.4 Å². The van der Waals surface area contributed by atoms with Crippen molar-refractivity contribution in [3.8, 4) is 6.01 Å². The highest BCUT2D eigenvalue weighted by Gasteiger charge is 2.16. The van der Waals surface area contributed by atoms with Gasteiger partial charge >= 0.3 is 6.01 Å². The molecule has 1 aromatic rings. The minimum Gasteiger partial charge on any atom is -0.462 e. The maximum atomic E-state index is 5.62. The zero-order chi connectivity index (χ0) is 14.4. The summed E-state index contributed by atoms with van der Waals surface area (Å²) in [6.45, 7) is 3.41. The van der Waals surface area contributed by atoms with E-state index >= 15 is 0 Å². The minimum atomic E-state index is 0.395. The van der Waals surface area contributed by atoms with Crippen LogP contribution in [0.2, 0.25) is 0 Å². The summed E-state index contributed by atoms with van der Waals surface area (Å²) in [6.07, 6.45) is 3.67. The molecule has 1 aliphatic rings. The molecule has 0 aromatic carbocycles. The number of rotatable bonds is 6. The third-order valence-corrected chi connectivity index (χ3v) is 3.24. The molecule has 1 N–H and O–H groups in total. The van der Waals surface area contributed by atoms with Crippen molar-refractivity contribution >= 4 is 11.9 Å². The molecule has 1 aliphatic heterocycles. The number of nitrogens with one attached hydrogen (secondary N) is 1. The number of aromatic nitrogens is 3. The third-order valence-electron chi connectivity index (χ3n) is 3.24. The molecule has 1 fully saturated rings. The van der Waals surface area contributed by atoms with Gasteiger partial charge in [0.05, 0.1) is 0 Å². The van der Waals surface area contributed by atoms with Gasteiger partial charge in [0.2, 0.25) is 11.9 Å². The van der Waals surface area contributed by atoms with Gasteiger partial charge in [0.15, 0.2) is 0 Å². The summed E-state index contributed by atoms with van der Waals surface area (Å²) in [4.78, 5) is 17.3. The van der Waals surface area contributed by atoms with Crippen molar-refractivity contribution in [3.05, 3.63) is 0 Å². The number of ether oxygens (including phenoxy) is 1. The van der Waals surface area contributed by atoms with E-state index in [1.165, 1.54) is 19.3 Å². The van der Waals surface area contributed by atoms with Crippen molar-refractivity contribution in [2.75, 3.05) is 57.6 Å². The molecule has 0 aliphatic carbocycles. The Labute approximate surface area is 120 Å². The largest absolute Gasteiger partial charge is 0.462 e. The van der Waals surface area contributed by atoms with E-state index in [4.69, 9.17) is 4.74 Å². The molecule has 0 radical (unpaired) electrons. The smallest absolute Gasteiger partial charge is 0.323 e. The maximum Gasteiger partial charge on any atom is 0.323 e. The summed E-state index contributed by atoms with van der Waals surface area (Å²) in [5, 5.41) is 2.97. The molecule has 0 saturated carbocycles. The van der Waals surface area contributed by atoms with Crippen LogP contribution in [-0.2, 0) is 0 Å². The fourth-order valence-corrected chi connectivity index (χ4v) is 2.08. The van der Waals surface area contributed by atoms with Crippen LogP contribution in [-0.4, -0.2) is 67.2 Å². The molecular formula is C13H24N6O. The molecule has 2 rings (SSSR count). The molecule has 0 unspecified atom stereocenters. The highest BCUT2D eigenvalue weighted by Crippen LogP contribution is 2.19. The van der Waals surface area contributed by atoms with Crippen molar-refractivity contribution in [3.63, 3.8) is 0 Å². The molecule has 20 heavy (non-hydrogen) atoms. The molecule has 1 aromatic heterocycles. The van der Waals surface area contributed by atoms with Crippen LogP contribution in [0.3, 0.4) is 0 Å². The van der Waals surface area contributed by atoms with Crippen molar-refractivity contribution in [1.29, 1.82) is 0 Å². The Balaban J connectivity index is 2.06. The molecule has 1 saturated heterocycles. The molecular weight excluding hydrogens is 256 g/mol. The van der Waals surface area contributed by atoms with E-state index < -0.39 is 0 Å². The summed E-state index contributed by atoms with van der Waals surface area (Å²) >= 11 is 0. The van der Waals surface area contributed by atoms with Gasteiger partial charge in [0.25, 0.3) is 0 Å². The van der Waals surface area contributed by atoms with E-state index in [1.807, 2.05) is 14.1 Å². The standard InChI is InChI=1S/C13H24N6O/c1-14-11-15-12(19-7-5-4-6-8-19)17-13(16-11)20-10-9-18(2)3/h4-10H2,1-3H3,(H,14,15,16,17). The second kappa shape index (κ2) is 7.23. The number of likely N-dealkylation sites (N-methyl/N-ethyl adjacent to an activating group) is 1. The number of hydrogen-bond donors (Lipinski definition) is 1. The van der Waals surface area contributed by atoms with Crippen LogP contribution in [0.15, 0.2) is 0 Å². The first-order chi connectivity index (χ1) is 9.69. The van der Waals surface area contributed by atoms with Crippen LogP contribution >= 0.6 is 0 Å². The first kappa shape index (κ1) is 14.8. The molecule has 112 valence electrons. The summed E-state index contributed by atoms with van der Waals surface area (Å²) in [5.74, 6) is 1.27. The van der Waals surface area contributed by atoms with Crippen LogP contribution < -0.4 is 15.0 Å². The number of nitrogens with zero attached hydrogens (tertiary/aromatic N) is 5. The predicted molar refractivity (Wildman–Crippen MR) is 79.5 cm³/mol. The number of hydrogen-bond acceptors (Lipinski definition) is 7. The van der Waals surface area contributed by atoms with Crippen LogP contribution in [0.1, 0.15) is 19.3 Å². The fourth-order valence-electron chi connectivity index (χ4n) is 2.08. The van der Waals surface area contributed by atoms with E-state index in [1.54, 1.807) is 7.05 Å². The predicted octanol–water partition coefficient (Wildman–Crippen LogP) is 0.844. The van der Waals surface area contributed by atoms with Crippen molar-refractivity contribution in [2.45, 2.75) is 19.3 Å². The molecule has 7 nitrogen and oxygen atoms in total. The van der Waals surface area contributed by atoms with E-state index in [0.29, 0.717) is 24.5 Å². The average molecular weight is 280 g/mol. The van der Waals surface area contributed by atoms with E-state index in [-0.39, 0.29) is 0 Å². The van der Waals surface area contributed by atoms with Crippen LogP contribution in [0, 0.1) is 0 Å². The van der Waals surface area contributed by atoms with Crippen LogP contribution in [0.5, 0.6) is 6.01 Å². The topological polar surface area (TPSA) is 66.4 Å². The summed E-state index contributed by atoms with van der Waals surface area (Å²) in [5.41, 5.74) is 0. The molecule has 0 atom stereocenters. The van der Waals surface area contributed by atoms with Gasteiger partial charge in [-0.15, -0.1) is 0 Å². The lowest BCUT2D eigenvalue weighted by molar-refractivity contribution is 0.245. The van der Waals surface area contributed by atoms with Gasteiger partial charge in [-0.25, -0.2) is 0 Å². The first-order valence-electron chi connectivity index (χ1n) is 7.15. The molecule has 7 heteroatoms. The lowest BCUT2D eigenvalue weighted by Gasteiger charge is -2.26. The highest BCUT2D eigenvalue weighted by molar-refractivity contribution is 5.38. The van der Waals surface area contributed by atoms with Crippen molar-refractivity contribution < 1.29 is 4.74 Å². The van der Waals surface area contributed by atoms with Gasteiger partial charge in [0.1, 0.15) is 6.61 Å². The second-order valence-electron chi connectivity index (χ2n) is 5.19. The SMILES string of the molecule is CNc1nc(OCCN(C)C)nc(N2CCCCC2)n1. The normalized spacial score (nSPS) is 15.5. The quantitative estimate of drug-likeness (QED) is 0.828. The number of piperidine rings is 1. The molecule has 0 bridgehead atoms. The Bertz CT molecular complexity index is 419. The van der Waals surface area contributed by atoms with Gasteiger partial charge in [0, 0.05) is 26.7 Å². The zero-order valence-corrected chi connectivity index (χ0v) is 12.6. The Morgan fingerprint density at radius 1 is 1.15 bits per heavy atom. The third kappa shape index (κ3) is 4.19. The molecule has 0 amide bonds. The monoisotopic (exact) mass is 280 g/mol. The molecule has 2 heterocycles. The van der Waals surface area contributed by atoms with Crippen LogP contribution in [0.25, 0.3) is 0 Å². The minimum absolute atomic E-state index is 0.395. The van der Waals surface area contributed by atoms with Crippen molar-refractivity contribution in [1.82, 2.24) is 19.9 Å². The fraction of sp³-hybridized carbons (Fsp3) is 0.769. The first-order valence-corrected chi connectivity index (χ1v) is 7.15. The summed E-state index contributed by atoms with van der Waals surface area (Å²) in [6, 6.07) is 0.395. The van der Waals surface area contributed by atoms with Gasteiger partial charge in [-0.2, -0.15) is 15.0 Å². The maximum absolute atomic E-state index is 5.62. The highest BCUT2D eigenvalue weighted by atomic mass is 16.5. The lowest BCUT2D eigenvalue weighted by atomic mass is 10.1. The Morgan fingerprint density at radius 3 is 2.55 bits per heavy atom. The zero-order valence-electron chi connectivity index (χ0n) is 12.6. The van der Waals surface area contributed by atoms with Gasteiger partial charge in [-0.1, -0.05) is 0 Å². The Kier molecular flexibility index (Phi) is 5.34. The van der Waals surface area contributed by atoms with Gasteiger partial charge < -0.3 is 19.9 Å². The average Bonchev–Trinajstić information content (AvgIpc) is 2.47. The van der Waals surface area contributed by atoms with Crippen LogP contribution in [0.4, 0.5) is 11.9 Å². The summed E-state index contributed by atoms with van der Waals surface area (Å²) in [7, 11) is 5.82. The summed E-state index contributed by atoms with van der Waals surface area (Å²) < 4.78 is 5.62. The second-order valence-corrected chi connectivity index (χ2v) is 5.19.